The summed E-state index contributed by atoms with van der Waals surface area (Å²) in [6.07, 6.45) is 1.82. The topological polar surface area (TPSA) is 97.5 Å². The first-order valence-corrected chi connectivity index (χ1v) is 6.78. The Balaban J connectivity index is 2.27. The number of anilines is 1. The van der Waals surface area contributed by atoms with E-state index in [1.165, 1.54) is 32.4 Å². The summed E-state index contributed by atoms with van der Waals surface area (Å²) < 4.78 is 9.31. The van der Waals surface area contributed by atoms with Gasteiger partial charge in [0.05, 0.1) is 37.5 Å². The first kappa shape index (κ1) is 16.3. The van der Waals surface area contributed by atoms with Gasteiger partial charge in [-0.25, -0.2) is 9.59 Å². The van der Waals surface area contributed by atoms with Gasteiger partial charge in [0.25, 0.3) is 0 Å². The Morgan fingerprint density at radius 2 is 1.83 bits per heavy atom. The highest BCUT2D eigenvalue weighted by atomic mass is 16.5. The Hall–Kier alpha value is -3.09. The molecule has 0 aliphatic heterocycles. The van der Waals surface area contributed by atoms with Crippen LogP contribution in [0, 0.1) is 0 Å². The Labute approximate surface area is 132 Å². The third kappa shape index (κ3) is 3.97. The number of ether oxygens (including phenoxy) is 2. The maximum absolute atomic E-state index is 12.1. The zero-order chi connectivity index (χ0) is 16.8. The highest BCUT2D eigenvalue weighted by Crippen LogP contribution is 2.20. The molecule has 0 bridgehead atoms. The monoisotopic (exact) mass is 316 g/mol. The van der Waals surface area contributed by atoms with Gasteiger partial charge in [-0.15, -0.1) is 0 Å². The molecular weight excluding hydrogens is 300 g/mol. The Morgan fingerprint density at radius 3 is 2.43 bits per heavy atom. The fourth-order valence-corrected chi connectivity index (χ4v) is 2.03. The van der Waals surface area contributed by atoms with E-state index in [2.05, 4.69) is 19.8 Å². The van der Waals surface area contributed by atoms with Crippen molar-refractivity contribution in [2.45, 2.75) is 6.42 Å². The normalized spacial score (nSPS) is 10.0. The van der Waals surface area contributed by atoms with Crippen LogP contribution in [0.2, 0.25) is 0 Å². The molecule has 2 rings (SSSR count). The number of H-pyrrole nitrogens is 1. The van der Waals surface area contributed by atoms with Crippen molar-refractivity contribution in [2.75, 3.05) is 19.5 Å². The van der Waals surface area contributed by atoms with Crippen LogP contribution in [-0.2, 0) is 20.7 Å². The van der Waals surface area contributed by atoms with E-state index in [0.29, 0.717) is 0 Å². The number of carbonyl (C=O) groups excluding carboxylic acids is 3. The van der Waals surface area contributed by atoms with E-state index in [1.54, 1.807) is 18.3 Å². The standard InChI is InChI=1S/C16H16N2O5/c1-22-15(20)10-5-6-12(16(21)23-2)13(8-10)18-14(19)9-11-4-3-7-17-11/h3-8,17H,9H2,1-2H3,(H,18,19). The summed E-state index contributed by atoms with van der Waals surface area (Å²) in [5, 5.41) is 2.62. The van der Waals surface area contributed by atoms with Gasteiger partial charge in [0.2, 0.25) is 5.91 Å². The quantitative estimate of drug-likeness (QED) is 0.819. The van der Waals surface area contributed by atoms with Crippen LogP contribution in [0.25, 0.3) is 0 Å². The molecule has 1 aromatic heterocycles. The highest BCUT2D eigenvalue weighted by Gasteiger charge is 2.17. The van der Waals surface area contributed by atoms with Crippen LogP contribution in [0.1, 0.15) is 26.4 Å². The minimum absolute atomic E-state index is 0.107. The predicted molar refractivity (Wildman–Crippen MR) is 82.2 cm³/mol. The number of amides is 1. The number of benzene rings is 1. The first-order valence-electron chi connectivity index (χ1n) is 6.78. The molecule has 0 spiro atoms. The molecule has 0 aliphatic carbocycles. The van der Waals surface area contributed by atoms with E-state index in [1.807, 2.05) is 0 Å². The summed E-state index contributed by atoms with van der Waals surface area (Å²) in [5.74, 6) is -1.52. The van der Waals surface area contributed by atoms with Gasteiger partial charge in [0.1, 0.15) is 0 Å². The van der Waals surface area contributed by atoms with E-state index in [9.17, 15) is 14.4 Å². The molecule has 0 radical (unpaired) electrons. The number of hydrogen-bond acceptors (Lipinski definition) is 5. The highest BCUT2D eigenvalue weighted by molar-refractivity contribution is 6.03. The van der Waals surface area contributed by atoms with Crippen LogP contribution in [0.5, 0.6) is 0 Å². The lowest BCUT2D eigenvalue weighted by molar-refractivity contribution is -0.115. The maximum atomic E-state index is 12.1. The van der Waals surface area contributed by atoms with E-state index >= 15 is 0 Å². The van der Waals surface area contributed by atoms with E-state index in [4.69, 9.17) is 0 Å². The van der Waals surface area contributed by atoms with Crippen molar-refractivity contribution in [1.82, 2.24) is 4.98 Å². The van der Waals surface area contributed by atoms with Gasteiger partial charge in [-0.3, -0.25) is 4.79 Å². The van der Waals surface area contributed by atoms with Crippen molar-refractivity contribution < 1.29 is 23.9 Å². The molecule has 2 N–H and O–H groups in total. The fourth-order valence-electron chi connectivity index (χ4n) is 2.03. The summed E-state index contributed by atoms with van der Waals surface area (Å²) >= 11 is 0. The number of nitrogens with one attached hydrogen (secondary N) is 2. The Bertz CT molecular complexity index is 722. The van der Waals surface area contributed by atoms with Gasteiger partial charge in [-0.1, -0.05) is 0 Å². The van der Waals surface area contributed by atoms with Gasteiger partial charge in [0.15, 0.2) is 0 Å². The first-order chi connectivity index (χ1) is 11.0. The Kier molecular flexibility index (Phi) is 5.14. The number of carbonyl (C=O) groups is 3. The van der Waals surface area contributed by atoms with Crippen LogP contribution in [-0.4, -0.2) is 37.0 Å². The summed E-state index contributed by atoms with van der Waals surface area (Å²) in [6.45, 7) is 0. The third-order valence-electron chi connectivity index (χ3n) is 3.13. The van der Waals surface area contributed by atoms with E-state index in [0.717, 1.165) is 5.69 Å². The van der Waals surface area contributed by atoms with Gasteiger partial charge in [-0.2, -0.15) is 0 Å². The van der Waals surface area contributed by atoms with Crippen molar-refractivity contribution in [3.63, 3.8) is 0 Å². The zero-order valence-electron chi connectivity index (χ0n) is 12.7. The van der Waals surface area contributed by atoms with Gasteiger partial charge in [0, 0.05) is 11.9 Å². The summed E-state index contributed by atoms with van der Waals surface area (Å²) in [4.78, 5) is 38.4. The summed E-state index contributed by atoms with van der Waals surface area (Å²) in [6, 6.07) is 7.76. The second kappa shape index (κ2) is 7.26. The molecule has 0 fully saturated rings. The average molecular weight is 316 g/mol. The molecule has 7 nitrogen and oxygen atoms in total. The Morgan fingerprint density at radius 1 is 1.09 bits per heavy atom. The molecule has 120 valence electrons. The zero-order valence-corrected chi connectivity index (χ0v) is 12.7. The van der Waals surface area contributed by atoms with Crippen LogP contribution < -0.4 is 5.32 Å². The molecule has 23 heavy (non-hydrogen) atoms. The number of rotatable bonds is 5. The molecule has 2 aromatic rings. The lowest BCUT2D eigenvalue weighted by atomic mass is 10.1. The second-order valence-corrected chi connectivity index (χ2v) is 4.66. The fraction of sp³-hybridized carbons (Fsp3) is 0.188. The molecule has 1 heterocycles. The van der Waals surface area contributed by atoms with Crippen LogP contribution in [0.4, 0.5) is 5.69 Å². The molecule has 0 aliphatic rings. The average Bonchev–Trinajstić information content (AvgIpc) is 3.06. The van der Waals surface area contributed by atoms with Gasteiger partial charge >= 0.3 is 11.9 Å². The predicted octanol–water partition coefficient (Wildman–Crippen LogP) is 1.77. The summed E-state index contributed by atoms with van der Waals surface area (Å²) in [5.41, 5.74) is 1.29. The SMILES string of the molecule is COC(=O)c1ccc(C(=O)OC)c(NC(=O)Cc2ccc[nH]2)c1. The van der Waals surface area contributed by atoms with Gasteiger partial charge < -0.3 is 19.8 Å². The minimum Gasteiger partial charge on any atom is -0.465 e. The molecule has 0 unspecified atom stereocenters. The van der Waals surface area contributed by atoms with Crippen molar-refractivity contribution in [3.8, 4) is 0 Å². The molecule has 0 atom stereocenters. The molecule has 1 aromatic carbocycles. The lowest BCUT2D eigenvalue weighted by Gasteiger charge is -2.11. The third-order valence-corrected chi connectivity index (χ3v) is 3.13. The van der Waals surface area contributed by atoms with Crippen LogP contribution >= 0.6 is 0 Å². The van der Waals surface area contributed by atoms with Crippen LogP contribution in [0.15, 0.2) is 36.5 Å². The van der Waals surface area contributed by atoms with E-state index in [-0.39, 0.29) is 29.1 Å². The summed E-state index contributed by atoms with van der Waals surface area (Å²) in [7, 11) is 2.49. The maximum Gasteiger partial charge on any atom is 0.339 e. The largest absolute Gasteiger partial charge is 0.465 e. The minimum atomic E-state index is -0.614. The molecule has 0 saturated carbocycles. The lowest BCUT2D eigenvalue weighted by Crippen LogP contribution is -2.18. The number of aromatic nitrogens is 1. The molecule has 1 amide bonds. The van der Waals surface area contributed by atoms with Gasteiger partial charge in [-0.05, 0) is 30.3 Å². The number of methoxy groups -OCH3 is 2. The van der Waals surface area contributed by atoms with Crippen molar-refractivity contribution in [2.24, 2.45) is 0 Å². The van der Waals surface area contributed by atoms with E-state index < -0.39 is 11.9 Å². The number of aromatic amines is 1. The van der Waals surface area contributed by atoms with Crippen molar-refractivity contribution in [3.05, 3.63) is 53.3 Å². The molecule has 0 saturated heterocycles. The second-order valence-electron chi connectivity index (χ2n) is 4.66. The smallest absolute Gasteiger partial charge is 0.339 e. The van der Waals surface area contributed by atoms with Crippen molar-refractivity contribution >= 4 is 23.5 Å². The molecule has 7 heteroatoms. The molecular formula is C16H16N2O5. The number of esters is 2. The van der Waals surface area contributed by atoms with Crippen LogP contribution in [0.3, 0.4) is 0 Å². The number of hydrogen-bond donors (Lipinski definition) is 2. The van der Waals surface area contributed by atoms with Crippen molar-refractivity contribution in [1.29, 1.82) is 0 Å².